The van der Waals surface area contributed by atoms with Gasteiger partial charge in [-0.2, -0.15) is 5.10 Å². The molecule has 2 aliphatic rings. The molecule has 2 atom stereocenters. The van der Waals surface area contributed by atoms with E-state index in [4.69, 9.17) is 14.6 Å². The highest BCUT2D eigenvalue weighted by atomic mass is 16.6. The molecule has 13 nitrogen and oxygen atoms in total. The molecule has 2 amide bonds. The average Bonchev–Trinajstić information content (AvgIpc) is 3.71. The topological polar surface area (TPSA) is 136 Å². The predicted octanol–water partition coefficient (Wildman–Crippen LogP) is 3.70. The molecule has 0 unspecified atom stereocenters. The van der Waals surface area contributed by atoms with Gasteiger partial charge in [0.25, 0.3) is 5.91 Å². The van der Waals surface area contributed by atoms with Crippen LogP contribution in [0.4, 0.5) is 22.0 Å². The van der Waals surface area contributed by atoms with Crippen LogP contribution >= 0.6 is 0 Å². The van der Waals surface area contributed by atoms with Gasteiger partial charge in [0, 0.05) is 44.2 Å². The zero-order valence-corrected chi connectivity index (χ0v) is 24.8. The Balaban J connectivity index is 1.43. The molecule has 1 aliphatic heterocycles. The second-order valence-corrected chi connectivity index (χ2v) is 11.7. The standard InChI is InChI=1S/C30H34N8O5/c1-30(2,3)43-29(41)35(4)23-13-26(34-38-24(15-31-27(23)38)28(40)33-20-9-10-25(20)42-5)36-12-11-19-21(36)7-6-8-22(19)37-16-18(17-39)14-32-37/h6-8,13-17,20,25H,9-12H2,1-5H3,(H,33,40)/t20-,25-/m1/s1. The van der Waals surface area contributed by atoms with Crippen LogP contribution < -0.4 is 15.1 Å². The van der Waals surface area contributed by atoms with Crippen LogP contribution in [0.3, 0.4) is 0 Å². The van der Waals surface area contributed by atoms with Gasteiger partial charge < -0.3 is 19.7 Å². The molecule has 1 aromatic carbocycles. The summed E-state index contributed by atoms with van der Waals surface area (Å²) in [6, 6.07) is 7.54. The minimum absolute atomic E-state index is 0.0341. The van der Waals surface area contributed by atoms with Gasteiger partial charge in [0.15, 0.2) is 23.4 Å². The number of benzene rings is 1. The third-order valence-electron chi connectivity index (χ3n) is 7.79. The second-order valence-electron chi connectivity index (χ2n) is 11.7. The van der Waals surface area contributed by atoms with Gasteiger partial charge in [-0.25, -0.2) is 19.0 Å². The molecule has 0 radical (unpaired) electrons. The normalized spacial score (nSPS) is 17.8. The zero-order valence-electron chi connectivity index (χ0n) is 24.8. The highest BCUT2D eigenvalue weighted by molar-refractivity contribution is 5.97. The van der Waals surface area contributed by atoms with E-state index in [2.05, 4.69) is 15.4 Å². The molecule has 6 rings (SSSR count). The Kier molecular flexibility index (Phi) is 7.12. The lowest BCUT2D eigenvalue weighted by molar-refractivity contribution is 0.00718. The van der Waals surface area contributed by atoms with Crippen LogP contribution in [0, 0.1) is 0 Å². The summed E-state index contributed by atoms with van der Waals surface area (Å²) >= 11 is 0. The number of anilines is 3. The van der Waals surface area contributed by atoms with E-state index in [1.54, 1.807) is 51.9 Å². The molecule has 0 bridgehead atoms. The molecule has 1 aliphatic carbocycles. The maximum absolute atomic E-state index is 13.4. The number of hydrogen-bond donors (Lipinski definition) is 1. The largest absolute Gasteiger partial charge is 0.443 e. The van der Waals surface area contributed by atoms with Crippen LogP contribution in [-0.4, -0.2) is 81.1 Å². The predicted molar refractivity (Wildman–Crippen MR) is 159 cm³/mol. The number of amides is 2. The third-order valence-corrected chi connectivity index (χ3v) is 7.79. The van der Waals surface area contributed by atoms with Crippen molar-refractivity contribution in [1.29, 1.82) is 0 Å². The van der Waals surface area contributed by atoms with Crippen molar-refractivity contribution < 1.29 is 23.9 Å². The number of rotatable bonds is 7. The molecule has 1 fully saturated rings. The number of carbonyl (C=O) groups excluding carboxylic acids is 3. The Morgan fingerprint density at radius 2 is 1.95 bits per heavy atom. The van der Waals surface area contributed by atoms with Crippen molar-refractivity contribution in [2.24, 2.45) is 0 Å². The first-order valence-corrected chi connectivity index (χ1v) is 14.2. The Hall–Kier alpha value is -4.78. The number of ether oxygens (including phenoxy) is 2. The molecule has 1 N–H and O–H groups in total. The van der Waals surface area contributed by atoms with Gasteiger partial charge in [-0.3, -0.25) is 14.5 Å². The summed E-state index contributed by atoms with van der Waals surface area (Å²) in [7, 11) is 3.24. The fourth-order valence-corrected chi connectivity index (χ4v) is 5.46. The van der Waals surface area contributed by atoms with E-state index in [1.165, 1.54) is 21.8 Å². The SMILES string of the molecule is CO[C@@H]1CC[C@H]1NC(=O)c1cnc2c(N(C)C(=O)OC(C)(C)C)cc(N3CCc4c3cccc4-n3cc(C=O)cn3)nn12. The number of hydrogen-bond acceptors (Lipinski definition) is 9. The molecule has 13 heteroatoms. The minimum Gasteiger partial charge on any atom is -0.443 e. The van der Waals surface area contributed by atoms with Gasteiger partial charge in [-0.1, -0.05) is 6.07 Å². The highest BCUT2D eigenvalue weighted by Gasteiger charge is 2.34. The van der Waals surface area contributed by atoms with Gasteiger partial charge in [-0.05, 0) is 52.2 Å². The molecule has 43 heavy (non-hydrogen) atoms. The second kappa shape index (κ2) is 10.8. The van der Waals surface area contributed by atoms with Crippen molar-refractivity contribution >= 4 is 41.1 Å². The van der Waals surface area contributed by atoms with E-state index in [-0.39, 0.29) is 23.7 Å². The van der Waals surface area contributed by atoms with Gasteiger partial charge >= 0.3 is 6.09 Å². The third kappa shape index (κ3) is 5.20. The van der Waals surface area contributed by atoms with Crippen molar-refractivity contribution in [1.82, 2.24) is 29.7 Å². The number of fused-ring (bicyclic) bond motifs is 2. The van der Waals surface area contributed by atoms with Crippen LogP contribution in [0.5, 0.6) is 0 Å². The van der Waals surface area contributed by atoms with E-state index in [1.807, 2.05) is 23.1 Å². The van der Waals surface area contributed by atoms with Crippen LogP contribution in [0.25, 0.3) is 11.3 Å². The number of nitrogens with one attached hydrogen (secondary N) is 1. The summed E-state index contributed by atoms with van der Waals surface area (Å²) in [6.07, 6.45) is 7.24. The van der Waals surface area contributed by atoms with Crippen molar-refractivity contribution in [2.75, 3.05) is 30.5 Å². The Morgan fingerprint density at radius 3 is 2.63 bits per heavy atom. The Labute approximate surface area is 248 Å². The molecule has 4 heterocycles. The summed E-state index contributed by atoms with van der Waals surface area (Å²) in [4.78, 5) is 45.8. The monoisotopic (exact) mass is 586 g/mol. The number of aldehydes is 1. The Morgan fingerprint density at radius 1 is 1.16 bits per heavy atom. The van der Waals surface area contributed by atoms with Crippen molar-refractivity contribution in [3.63, 3.8) is 0 Å². The van der Waals surface area contributed by atoms with E-state index in [9.17, 15) is 14.4 Å². The molecule has 0 spiro atoms. The average molecular weight is 587 g/mol. The zero-order chi connectivity index (χ0) is 30.5. The lowest BCUT2D eigenvalue weighted by atomic mass is 9.89. The van der Waals surface area contributed by atoms with Crippen molar-refractivity contribution in [3.8, 4) is 5.69 Å². The number of methoxy groups -OCH3 is 1. The number of nitrogens with zero attached hydrogens (tertiary/aromatic N) is 7. The fourth-order valence-electron chi connectivity index (χ4n) is 5.46. The first-order chi connectivity index (χ1) is 20.6. The number of carbonyl (C=O) groups is 3. The summed E-state index contributed by atoms with van der Waals surface area (Å²) in [5.41, 5.74) is 3.58. The molecule has 3 aromatic heterocycles. The van der Waals surface area contributed by atoms with Crippen LogP contribution in [-0.2, 0) is 15.9 Å². The molecule has 1 saturated carbocycles. The van der Waals surface area contributed by atoms with Crippen LogP contribution in [0.15, 0.2) is 42.9 Å². The lowest BCUT2D eigenvalue weighted by Gasteiger charge is -2.35. The first-order valence-electron chi connectivity index (χ1n) is 14.2. The van der Waals surface area contributed by atoms with Crippen LogP contribution in [0.2, 0.25) is 0 Å². The summed E-state index contributed by atoms with van der Waals surface area (Å²) < 4.78 is 14.3. The van der Waals surface area contributed by atoms with E-state index < -0.39 is 11.7 Å². The molecule has 4 aromatic rings. The van der Waals surface area contributed by atoms with E-state index >= 15 is 0 Å². The summed E-state index contributed by atoms with van der Waals surface area (Å²) in [5, 5.41) is 12.3. The van der Waals surface area contributed by atoms with Gasteiger partial charge in [-0.15, -0.1) is 5.10 Å². The van der Waals surface area contributed by atoms with Gasteiger partial charge in [0.2, 0.25) is 0 Å². The quantitative estimate of drug-likeness (QED) is 0.322. The summed E-state index contributed by atoms with van der Waals surface area (Å²) in [6.45, 7) is 5.99. The first kappa shape index (κ1) is 28.3. The number of imidazole rings is 1. The fraction of sp³-hybridized carbons (Fsp3) is 0.400. The maximum atomic E-state index is 13.4. The van der Waals surface area contributed by atoms with Crippen molar-refractivity contribution in [2.45, 2.75) is 57.8 Å². The van der Waals surface area contributed by atoms with Gasteiger partial charge in [0.1, 0.15) is 5.60 Å². The maximum Gasteiger partial charge on any atom is 0.414 e. The highest BCUT2D eigenvalue weighted by Crippen LogP contribution is 2.38. The number of aromatic nitrogens is 5. The van der Waals surface area contributed by atoms with Crippen molar-refractivity contribution in [3.05, 3.63) is 59.7 Å². The van der Waals surface area contributed by atoms with E-state index in [0.717, 1.165) is 36.1 Å². The minimum atomic E-state index is -0.709. The molecular formula is C30H34N8O5. The van der Waals surface area contributed by atoms with Gasteiger partial charge in [0.05, 0.1) is 41.5 Å². The smallest absolute Gasteiger partial charge is 0.414 e. The molecular weight excluding hydrogens is 552 g/mol. The molecule has 224 valence electrons. The van der Waals surface area contributed by atoms with Crippen LogP contribution in [0.1, 0.15) is 60.0 Å². The molecule has 0 saturated heterocycles. The van der Waals surface area contributed by atoms with E-state index in [0.29, 0.717) is 35.7 Å². The lowest BCUT2D eigenvalue weighted by Crippen LogP contribution is -2.51. The Bertz CT molecular complexity index is 1720. The summed E-state index contributed by atoms with van der Waals surface area (Å²) in [5.74, 6) is 0.192.